The molecular weight excluding hydrogens is 868 g/mol. The number of hydrogen-bond donors (Lipinski definition) is 2. The molecule has 0 saturated carbocycles. The minimum Gasteiger partial charge on any atom is -0.465 e. The van der Waals surface area contributed by atoms with E-state index >= 15 is 0 Å². The van der Waals surface area contributed by atoms with E-state index in [1.807, 2.05) is 97.1 Å². The minimum atomic E-state index is -0.453. The van der Waals surface area contributed by atoms with Gasteiger partial charge in [-0.2, -0.15) is 0 Å². The molecule has 0 unspecified atom stereocenters. The Hall–Kier alpha value is -8.13. The van der Waals surface area contributed by atoms with Crippen molar-refractivity contribution in [3.8, 4) is 44.5 Å². The number of nitrogens with zero attached hydrogens (tertiary/aromatic N) is 2. The molecule has 9 rings (SSSR count). The topological polar surface area (TPSA) is 163 Å². The Morgan fingerprint density at radius 2 is 0.538 bits per heavy atom. The first-order chi connectivity index (χ1) is 31.2. The van der Waals surface area contributed by atoms with E-state index in [1.165, 1.54) is 28.4 Å². The Bertz CT molecular complexity index is 2830. The number of ether oxygens (including phenoxy) is 4. The Morgan fingerprint density at radius 1 is 0.338 bits per heavy atom. The standard InChI is InChI=1S/C52H38N4O8.Co/c1-61-49(57)33-13-5-29(6-14-33)45-37-21-23-39(53-37)46(30-7-15-34(16-8-30)50(58)62-2)41-25-27-43(55-41)48(32-11-19-36(20-12-32)52(60)64-4)44-28-26-42(56-44)47(40-24-22-38(45)54-40)31-9-17-35(18-10-31)51(59)63-3;/h5-28,53,56H,1-4H3;. The van der Waals surface area contributed by atoms with Crippen molar-refractivity contribution in [2.45, 2.75) is 0 Å². The molecule has 12 nitrogen and oxygen atoms in total. The van der Waals surface area contributed by atoms with E-state index in [2.05, 4.69) is 9.97 Å². The van der Waals surface area contributed by atoms with Gasteiger partial charge in [0.15, 0.2) is 0 Å². The Labute approximate surface area is 382 Å². The van der Waals surface area contributed by atoms with Gasteiger partial charge in [-0.1, -0.05) is 48.5 Å². The number of benzene rings is 4. The summed E-state index contributed by atoms with van der Waals surface area (Å²) in [6.45, 7) is 0. The number of hydrogen-bond acceptors (Lipinski definition) is 10. The molecule has 0 fully saturated rings. The van der Waals surface area contributed by atoms with Crippen LogP contribution < -0.4 is 0 Å². The summed E-state index contributed by atoms with van der Waals surface area (Å²) in [5.74, 6) is -1.81. The number of nitrogens with one attached hydrogen (secondary N) is 2. The van der Waals surface area contributed by atoms with E-state index in [1.54, 1.807) is 48.5 Å². The van der Waals surface area contributed by atoms with Crippen molar-refractivity contribution in [3.05, 3.63) is 166 Å². The predicted molar refractivity (Wildman–Crippen MR) is 246 cm³/mol. The normalized spacial score (nSPS) is 11.4. The van der Waals surface area contributed by atoms with Crippen molar-refractivity contribution in [1.82, 2.24) is 19.9 Å². The van der Waals surface area contributed by atoms with Gasteiger partial charge >= 0.3 is 23.9 Å². The number of rotatable bonds is 8. The molecule has 0 aliphatic carbocycles. The second-order valence-electron chi connectivity index (χ2n) is 14.8. The molecule has 1 radical (unpaired) electrons. The van der Waals surface area contributed by atoms with Crippen LogP contribution in [-0.4, -0.2) is 72.3 Å². The van der Waals surface area contributed by atoms with Gasteiger partial charge in [0.2, 0.25) is 0 Å². The number of aromatic amines is 2. The third-order valence-corrected chi connectivity index (χ3v) is 11.1. The number of H-pyrrole nitrogens is 2. The van der Waals surface area contributed by atoms with Crippen LogP contribution >= 0.6 is 0 Å². The molecule has 0 saturated heterocycles. The van der Waals surface area contributed by atoms with Crippen LogP contribution in [0.3, 0.4) is 0 Å². The molecule has 7 aromatic rings. The molecule has 2 aliphatic rings. The Morgan fingerprint density at radius 3 is 0.723 bits per heavy atom. The van der Waals surface area contributed by atoms with E-state index in [0.29, 0.717) is 45.0 Å². The molecule has 0 atom stereocenters. The Balaban J connectivity index is 0.00000576. The van der Waals surface area contributed by atoms with Gasteiger partial charge in [0.25, 0.3) is 0 Å². The van der Waals surface area contributed by atoms with Crippen molar-refractivity contribution in [1.29, 1.82) is 0 Å². The van der Waals surface area contributed by atoms with Crippen molar-refractivity contribution in [3.63, 3.8) is 0 Å². The maximum Gasteiger partial charge on any atom is 0.337 e. The summed E-state index contributed by atoms with van der Waals surface area (Å²) in [4.78, 5) is 67.9. The van der Waals surface area contributed by atoms with Crippen LogP contribution in [0.4, 0.5) is 0 Å². The van der Waals surface area contributed by atoms with E-state index in [9.17, 15) is 19.2 Å². The third kappa shape index (κ3) is 8.29. The summed E-state index contributed by atoms with van der Waals surface area (Å²) in [6, 6.07) is 36.5. The number of aromatic nitrogens is 4. The van der Waals surface area contributed by atoms with Crippen LogP contribution in [0.2, 0.25) is 0 Å². The van der Waals surface area contributed by atoms with Gasteiger partial charge in [0.1, 0.15) is 0 Å². The van der Waals surface area contributed by atoms with Crippen LogP contribution in [0.1, 0.15) is 64.2 Å². The fourth-order valence-electron chi connectivity index (χ4n) is 7.98. The summed E-state index contributed by atoms with van der Waals surface area (Å²) >= 11 is 0. The molecular formula is C52H38CoN4O8. The first-order valence-corrected chi connectivity index (χ1v) is 20.1. The summed E-state index contributed by atoms with van der Waals surface area (Å²) < 4.78 is 19.9. The molecule has 2 aliphatic heterocycles. The van der Waals surface area contributed by atoms with E-state index < -0.39 is 23.9 Å². The number of fused-ring (bicyclic) bond motifs is 8. The molecule has 0 spiro atoms. The van der Waals surface area contributed by atoms with Crippen molar-refractivity contribution in [2.24, 2.45) is 0 Å². The summed E-state index contributed by atoms with van der Waals surface area (Å²) in [7, 11) is 5.38. The maximum absolute atomic E-state index is 12.5. The van der Waals surface area contributed by atoms with Gasteiger partial charge in [-0.05, 0) is 119 Å². The maximum atomic E-state index is 12.5. The third-order valence-electron chi connectivity index (χ3n) is 11.1. The smallest absolute Gasteiger partial charge is 0.337 e. The predicted octanol–water partition coefficient (Wildman–Crippen LogP) is 10.5. The van der Waals surface area contributed by atoms with Crippen molar-refractivity contribution < 1.29 is 54.9 Å². The number of carbonyl (C=O) groups excluding carboxylic acids is 4. The molecule has 65 heavy (non-hydrogen) atoms. The molecule has 323 valence electrons. The quantitative estimate of drug-likeness (QED) is 0.111. The SMILES string of the molecule is COC(=O)c1ccc(-c2c3nc(c(-c4ccc(C(=O)OC)cc4)c4ccc([nH]4)c(-c4ccc(C(=O)OC)cc4)c4nc(c(-c5ccc(C(=O)OC)cc5)c5ccc2[nH]5)C=C4)C=C3)cc1.[Co]. The minimum absolute atomic E-state index is 0. The Kier molecular flexibility index (Phi) is 12.2. The number of methoxy groups -OCH3 is 4. The van der Waals surface area contributed by atoms with E-state index in [4.69, 9.17) is 28.9 Å². The molecule has 13 heteroatoms. The second-order valence-corrected chi connectivity index (χ2v) is 14.8. The summed E-state index contributed by atoms with van der Waals surface area (Å²) in [5, 5.41) is 0. The number of carbonyl (C=O) groups is 4. The van der Waals surface area contributed by atoms with Crippen molar-refractivity contribution in [2.75, 3.05) is 28.4 Å². The van der Waals surface area contributed by atoms with Gasteiger partial charge in [0.05, 0.1) is 73.5 Å². The van der Waals surface area contributed by atoms with Gasteiger partial charge in [0, 0.05) is 61.1 Å². The summed E-state index contributed by atoms with van der Waals surface area (Å²) in [6.07, 6.45) is 7.80. The molecule has 0 amide bonds. The van der Waals surface area contributed by atoms with Crippen LogP contribution in [0.5, 0.6) is 0 Å². The first kappa shape index (κ1) is 43.5. The average molecular weight is 906 g/mol. The van der Waals surface area contributed by atoms with E-state index in [0.717, 1.165) is 66.6 Å². The van der Waals surface area contributed by atoms with Gasteiger partial charge in [-0.3, -0.25) is 0 Å². The summed E-state index contributed by atoms with van der Waals surface area (Å²) in [5.41, 5.74) is 13.3. The molecule has 5 heterocycles. The fraction of sp³-hybridized carbons (Fsp3) is 0.0769. The van der Waals surface area contributed by atoms with Crippen LogP contribution in [-0.2, 0) is 35.7 Å². The fourth-order valence-corrected chi connectivity index (χ4v) is 7.98. The second kappa shape index (κ2) is 18.3. The van der Waals surface area contributed by atoms with Crippen molar-refractivity contribution >= 4 is 70.2 Å². The van der Waals surface area contributed by atoms with Crippen LogP contribution in [0.25, 0.3) is 90.9 Å². The number of esters is 4. The molecule has 3 aromatic heterocycles. The molecule has 2 N–H and O–H groups in total. The molecule has 4 aromatic carbocycles. The van der Waals surface area contributed by atoms with Gasteiger partial charge in [-0.15, -0.1) is 0 Å². The molecule has 8 bridgehead atoms. The van der Waals surface area contributed by atoms with Crippen LogP contribution in [0.15, 0.2) is 121 Å². The van der Waals surface area contributed by atoms with E-state index in [-0.39, 0.29) is 16.8 Å². The average Bonchev–Trinajstić information content (AvgIpc) is 4.20. The van der Waals surface area contributed by atoms with Gasteiger partial charge in [-0.25, -0.2) is 29.1 Å². The zero-order valence-corrected chi connectivity index (χ0v) is 36.4. The first-order valence-electron chi connectivity index (χ1n) is 20.1. The zero-order valence-electron chi connectivity index (χ0n) is 35.4. The largest absolute Gasteiger partial charge is 0.465 e. The zero-order chi connectivity index (χ0) is 44.5. The van der Waals surface area contributed by atoms with Crippen LogP contribution in [0, 0.1) is 0 Å². The monoisotopic (exact) mass is 905 g/mol. The van der Waals surface area contributed by atoms with Gasteiger partial charge < -0.3 is 28.9 Å².